The summed E-state index contributed by atoms with van der Waals surface area (Å²) in [6.07, 6.45) is 10.7. The van der Waals surface area contributed by atoms with Crippen LogP contribution in [0.3, 0.4) is 0 Å². The zero-order chi connectivity index (χ0) is 19.2. The van der Waals surface area contributed by atoms with Gasteiger partial charge in [0.1, 0.15) is 5.52 Å². The van der Waals surface area contributed by atoms with Crippen molar-refractivity contribution in [2.45, 2.75) is 19.9 Å². The van der Waals surface area contributed by atoms with Crippen molar-refractivity contribution in [2.75, 3.05) is 13.1 Å². The number of allylic oxidation sites excluding steroid dienone is 2. The summed E-state index contributed by atoms with van der Waals surface area (Å²) in [6.45, 7) is 14.9. The Hall–Kier alpha value is -1.64. The first-order valence-electron chi connectivity index (χ1n) is 8.28. The second-order valence-electron chi connectivity index (χ2n) is 5.12. The quantitative estimate of drug-likeness (QED) is 0.236. The number of benzene rings is 1. The van der Waals surface area contributed by atoms with Gasteiger partial charge in [0.15, 0.2) is 0 Å². The van der Waals surface area contributed by atoms with Gasteiger partial charge in [-0.1, -0.05) is 18.5 Å². The van der Waals surface area contributed by atoms with Crippen LogP contribution in [0.15, 0.2) is 47.5 Å². The molecule has 1 aromatic heterocycles. The van der Waals surface area contributed by atoms with E-state index in [-0.39, 0.29) is 18.9 Å². The van der Waals surface area contributed by atoms with Gasteiger partial charge in [-0.15, -0.1) is 18.4 Å². The summed E-state index contributed by atoms with van der Waals surface area (Å²) in [5, 5.41) is 6.82. The van der Waals surface area contributed by atoms with Crippen molar-refractivity contribution < 1.29 is 18.9 Å². The Morgan fingerprint density at radius 2 is 2.07 bits per heavy atom. The summed E-state index contributed by atoms with van der Waals surface area (Å²) in [6, 6.07) is 3.83. The van der Waals surface area contributed by atoms with E-state index < -0.39 is 0 Å². The maximum absolute atomic E-state index is 6.20. The van der Waals surface area contributed by atoms with Gasteiger partial charge in [-0.05, 0) is 31.0 Å². The van der Waals surface area contributed by atoms with E-state index >= 15 is 0 Å². The van der Waals surface area contributed by atoms with Gasteiger partial charge >= 0.3 is 18.9 Å². The summed E-state index contributed by atoms with van der Waals surface area (Å²) in [5.74, 6) is 0. The first-order chi connectivity index (χ1) is 12.7. The Balaban J connectivity index is 0.000000842. The molecule has 0 spiro atoms. The molecule has 0 fully saturated rings. The summed E-state index contributed by atoms with van der Waals surface area (Å²) in [4.78, 5) is 12.2. The minimum Gasteiger partial charge on any atom is -0.413 e. The molecule has 0 aliphatic carbocycles. The van der Waals surface area contributed by atoms with Crippen molar-refractivity contribution in [1.29, 1.82) is 0 Å². The fourth-order valence-corrected chi connectivity index (χ4v) is 2.30. The van der Waals surface area contributed by atoms with Crippen LogP contribution >= 0.6 is 11.6 Å². The molecule has 2 rings (SSSR count). The molecule has 1 heterocycles. The Bertz CT molecular complexity index is 742. The third-order valence-corrected chi connectivity index (χ3v) is 3.41. The Morgan fingerprint density at radius 3 is 2.67 bits per heavy atom. The number of fused-ring (bicyclic) bond motifs is 1. The molecule has 0 atom stereocenters. The standard InChI is InChI=1S/C15H14ClN4.C5H11N.Li/c1-3-4-12(10-17-2)20-9-11-7-13(16)15-14(8-11)18-5-6-19-15;1-3-5-6-4-2;/h3,5-8,10,20H,2,9H2,1H3;6H,1-5H2;/q-1;-2;+1/b12-10+;;. The molecule has 2 aromatic rings. The molecular formula is C20H25ClLiN5-2. The van der Waals surface area contributed by atoms with Crippen LogP contribution in [0.5, 0.6) is 0 Å². The molecule has 0 saturated heterocycles. The van der Waals surface area contributed by atoms with Crippen LogP contribution in [0.25, 0.3) is 11.0 Å². The molecule has 140 valence electrons. The molecule has 5 nitrogen and oxygen atoms in total. The Labute approximate surface area is 179 Å². The van der Waals surface area contributed by atoms with Gasteiger partial charge in [-0.2, -0.15) is 12.5 Å². The van der Waals surface area contributed by atoms with Crippen molar-refractivity contribution in [3.8, 4) is 0 Å². The fraction of sp³-hybridized carbons (Fsp3) is 0.250. The molecule has 1 aromatic carbocycles. The average Bonchev–Trinajstić information content (AvgIpc) is 2.65. The summed E-state index contributed by atoms with van der Waals surface area (Å²) in [5.41, 5.74) is 3.26. The number of nitrogens with zero attached hydrogens (tertiary/aromatic N) is 3. The minimum absolute atomic E-state index is 0. The average molecular weight is 378 g/mol. The molecule has 2 N–H and O–H groups in total. The SMILES string of the molecule is C=N/C=C(\[C-]=CC)NCc1cc(Cl)c2nccnc2c1.[CH2-]CCNC[CH2-].[Li+]. The molecule has 0 bridgehead atoms. The number of rotatable bonds is 8. The van der Waals surface area contributed by atoms with Gasteiger partial charge in [-0.3, -0.25) is 9.97 Å². The monoisotopic (exact) mass is 377 g/mol. The third kappa shape index (κ3) is 9.74. The van der Waals surface area contributed by atoms with Gasteiger partial charge in [0.2, 0.25) is 0 Å². The molecule has 27 heavy (non-hydrogen) atoms. The number of aromatic nitrogens is 2. The maximum atomic E-state index is 6.20. The second-order valence-corrected chi connectivity index (χ2v) is 5.52. The Morgan fingerprint density at radius 1 is 1.33 bits per heavy atom. The van der Waals surface area contributed by atoms with E-state index in [0.29, 0.717) is 17.1 Å². The number of hydrogen-bond acceptors (Lipinski definition) is 5. The second kappa shape index (κ2) is 15.4. The number of hydrogen-bond donors (Lipinski definition) is 2. The third-order valence-electron chi connectivity index (χ3n) is 3.12. The van der Waals surface area contributed by atoms with Crippen LogP contribution in [-0.2, 0) is 6.54 Å². The summed E-state index contributed by atoms with van der Waals surface area (Å²) >= 11 is 6.20. The van der Waals surface area contributed by atoms with Crippen LogP contribution in [0.4, 0.5) is 0 Å². The topological polar surface area (TPSA) is 62.2 Å². The zero-order valence-electron chi connectivity index (χ0n) is 16.1. The van der Waals surface area contributed by atoms with Crippen molar-refractivity contribution >= 4 is 29.4 Å². The summed E-state index contributed by atoms with van der Waals surface area (Å²) < 4.78 is 0. The molecule has 0 amide bonds. The molecular weight excluding hydrogens is 353 g/mol. The number of nitrogens with one attached hydrogen (secondary N) is 2. The van der Waals surface area contributed by atoms with Crippen molar-refractivity contribution in [3.63, 3.8) is 0 Å². The van der Waals surface area contributed by atoms with Gasteiger partial charge in [0, 0.05) is 18.9 Å². The largest absolute Gasteiger partial charge is 1.00 e. The predicted octanol–water partition coefficient (Wildman–Crippen LogP) is 0.932. The molecule has 0 unspecified atom stereocenters. The number of halogens is 1. The van der Waals surface area contributed by atoms with Gasteiger partial charge < -0.3 is 29.5 Å². The van der Waals surface area contributed by atoms with E-state index in [9.17, 15) is 0 Å². The maximum Gasteiger partial charge on any atom is 1.00 e. The molecule has 0 saturated carbocycles. The van der Waals surface area contributed by atoms with Crippen LogP contribution < -0.4 is 29.5 Å². The fourth-order valence-electron chi connectivity index (χ4n) is 2.02. The minimum atomic E-state index is 0. The molecule has 0 radical (unpaired) electrons. The molecule has 0 aliphatic heterocycles. The smallest absolute Gasteiger partial charge is 0.413 e. The van der Waals surface area contributed by atoms with Crippen LogP contribution in [0.1, 0.15) is 18.9 Å². The van der Waals surface area contributed by atoms with Gasteiger partial charge in [0.25, 0.3) is 0 Å². The summed E-state index contributed by atoms with van der Waals surface area (Å²) in [7, 11) is 0. The predicted molar refractivity (Wildman–Crippen MR) is 111 cm³/mol. The normalized spacial score (nSPS) is 10.9. The first-order valence-corrected chi connectivity index (χ1v) is 8.66. The number of aliphatic imine (C=N–C) groups is 1. The van der Waals surface area contributed by atoms with Crippen molar-refractivity contribution in [1.82, 2.24) is 20.6 Å². The van der Waals surface area contributed by atoms with Crippen molar-refractivity contribution in [2.24, 2.45) is 4.99 Å². The first kappa shape index (κ1) is 25.4. The van der Waals surface area contributed by atoms with Crippen LogP contribution in [0, 0.1) is 19.9 Å². The van der Waals surface area contributed by atoms with E-state index in [2.05, 4.69) is 52.2 Å². The van der Waals surface area contributed by atoms with Crippen LogP contribution in [-0.4, -0.2) is 29.8 Å². The molecule has 7 heteroatoms. The van der Waals surface area contributed by atoms with E-state index in [1.54, 1.807) is 18.6 Å². The van der Waals surface area contributed by atoms with E-state index in [1.165, 1.54) is 0 Å². The van der Waals surface area contributed by atoms with Crippen LogP contribution in [0.2, 0.25) is 5.02 Å². The zero-order valence-corrected chi connectivity index (χ0v) is 16.9. The molecule has 0 aliphatic rings. The van der Waals surface area contributed by atoms with E-state index in [1.807, 2.05) is 25.1 Å². The van der Waals surface area contributed by atoms with Crippen molar-refractivity contribution in [3.05, 3.63) is 73.0 Å². The van der Waals surface area contributed by atoms with E-state index in [0.717, 1.165) is 36.3 Å². The Kier molecular flexibility index (Phi) is 14.5. The van der Waals surface area contributed by atoms with Gasteiger partial charge in [0.05, 0.1) is 10.5 Å². The van der Waals surface area contributed by atoms with E-state index in [4.69, 9.17) is 11.6 Å². The van der Waals surface area contributed by atoms with Gasteiger partial charge in [-0.25, -0.2) is 6.08 Å².